The maximum absolute atomic E-state index is 12.0. The van der Waals surface area contributed by atoms with Crippen molar-refractivity contribution >= 4 is 5.91 Å². The number of nitrogens with one attached hydrogen (secondary N) is 1. The zero-order valence-electron chi connectivity index (χ0n) is 10.3. The summed E-state index contributed by atoms with van der Waals surface area (Å²) in [6.45, 7) is 4.04. The van der Waals surface area contributed by atoms with Gasteiger partial charge in [0, 0.05) is 6.54 Å². The summed E-state index contributed by atoms with van der Waals surface area (Å²) in [5.41, 5.74) is 1.79. The minimum atomic E-state index is -4.82. The molecule has 1 aromatic carbocycles. The van der Waals surface area contributed by atoms with Crippen molar-refractivity contribution in [1.29, 1.82) is 0 Å². The minimum absolute atomic E-state index is 0.112. The summed E-state index contributed by atoms with van der Waals surface area (Å²) in [6, 6.07) is 7.22. The molecule has 0 spiro atoms. The average Bonchev–Trinajstić information content (AvgIpc) is 2.34. The molecule has 0 bridgehead atoms. The maximum Gasteiger partial charge on any atom is 0.471 e. The Morgan fingerprint density at radius 2 is 1.83 bits per heavy atom. The van der Waals surface area contributed by atoms with E-state index in [2.05, 4.69) is 13.8 Å². The Bertz CT molecular complexity index is 398. The van der Waals surface area contributed by atoms with Crippen LogP contribution in [0.25, 0.3) is 0 Å². The molecule has 0 aliphatic heterocycles. The number of carbonyl (C=O) groups excluding carboxylic acids is 1. The second-order valence-electron chi connectivity index (χ2n) is 4.23. The Morgan fingerprint density at radius 1 is 1.28 bits per heavy atom. The fraction of sp³-hybridized carbons (Fsp3) is 0.462. The standard InChI is InChI=1S/C13H16F3NO/c1-3-9(2)11-6-4-10(5-7-11)8-17-12(18)13(14,15)16/h4-7,9H,3,8H2,1-2H3,(H,17,18). The predicted molar refractivity (Wildman–Crippen MR) is 63.0 cm³/mol. The molecule has 1 amide bonds. The monoisotopic (exact) mass is 259 g/mol. The highest BCUT2D eigenvalue weighted by atomic mass is 19.4. The largest absolute Gasteiger partial charge is 0.471 e. The van der Waals surface area contributed by atoms with Crippen molar-refractivity contribution in [3.8, 4) is 0 Å². The van der Waals surface area contributed by atoms with Gasteiger partial charge in [0.25, 0.3) is 0 Å². The van der Waals surface area contributed by atoms with Crippen LogP contribution in [0.2, 0.25) is 0 Å². The third-order valence-corrected chi connectivity index (χ3v) is 2.87. The van der Waals surface area contributed by atoms with E-state index >= 15 is 0 Å². The van der Waals surface area contributed by atoms with E-state index in [4.69, 9.17) is 0 Å². The van der Waals surface area contributed by atoms with Gasteiger partial charge in [-0.05, 0) is 23.5 Å². The Labute approximate surface area is 104 Å². The minimum Gasteiger partial charge on any atom is -0.344 e. The van der Waals surface area contributed by atoms with Gasteiger partial charge in [0.1, 0.15) is 0 Å². The Kier molecular flexibility index (Phi) is 4.76. The lowest BCUT2D eigenvalue weighted by molar-refractivity contribution is -0.173. The van der Waals surface area contributed by atoms with Crippen molar-refractivity contribution in [3.63, 3.8) is 0 Å². The fourth-order valence-corrected chi connectivity index (χ4v) is 1.48. The Balaban J connectivity index is 2.57. The third-order valence-electron chi connectivity index (χ3n) is 2.87. The van der Waals surface area contributed by atoms with E-state index in [1.807, 2.05) is 17.4 Å². The molecule has 0 heterocycles. The van der Waals surface area contributed by atoms with Crippen molar-refractivity contribution in [2.75, 3.05) is 0 Å². The number of rotatable bonds is 4. The lowest BCUT2D eigenvalue weighted by atomic mass is 9.98. The zero-order chi connectivity index (χ0) is 13.8. The first kappa shape index (κ1) is 14.5. The van der Waals surface area contributed by atoms with E-state index in [1.54, 1.807) is 12.1 Å². The number of alkyl halides is 3. The number of carbonyl (C=O) groups is 1. The van der Waals surface area contributed by atoms with E-state index in [1.165, 1.54) is 0 Å². The SMILES string of the molecule is CCC(C)c1ccc(CNC(=O)C(F)(F)F)cc1. The van der Waals surface area contributed by atoms with Gasteiger partial charge in [-0.2, -0.15) is 13.2 Å². The van der Waals surface area contributed by atoms with Crippen LogP contribution >= 0.6 is 0 Å². The first-order valence-electron chi connectivity index (χ1n) is 5.78. The average molecular weight is 259 g/mol. The van der Waals surface area contributed by atoms with Crippen molar-refractivity contribution in [2.45, 2.75) is 38.9 Å². The van der Waals surface area contributed by atoms with Crippen LogP contribution in [0.1, 0.15) is 37.3 Å². The van der Waals surface area contributed by atoms with E-state index in [0.29, 0.717) is 11.5 Å². The van der Waals surface area contributed by atoms with Crippen LogP contribution in [0, 0.1) is 0 Å². The van der Waals surface area contributed by atoms with Crippen LogP contribution in [0.4, 0.5) is 13.2 Å². The predicted octanol–water partition coefficient (Wildman–Crippen LogP) is 3.38. The molecule has 1 N–H and O–H groups in total. The van der Waals surface area contributed by atoms with Crippen molar-refractivity contribution in [2.24, 2.45) is 0 Å². The number of hydrogen-bond acceptors (Lipinski definition) is 1. The molecule has 0 aliphatic rings. The van der Waals surface area contributed by atoms with Crippen molar-refractivity contribution < 1.29 is 18.0 Å². The molecule has 0 saturated heterocycles. The molecule has 2 nitrogen and oxygen atoms in total. The fourth-order valence-electron chi connectivity index (χ4n) is 1.48. The normalized spacial score (nSPS) is 13.2. The highest BCUT2D eigenvalue weighted by Crippen LogP contribution is 2.19. The van der Waals surface area contributed by atoms with Gasteiger partial charge in [-0.3, -0.25) is 4.79 Å². The molecule has 0 aliphatic carbocycles. The first-order valence-corrected chi connectivity index (χ1v) is 5.78. The molecular weight excluding hydrogens is 243 g/mol. The molecule has 100 valence electrons. The molecular formula is C13H16F3NO. The van der Waals surface area contributed by atoms with Gasteiger partial charge in [0.15, 0.2) is 0 Å². The molecule has 0 radical (unpaired) electrons. The molecule has 1 aromatic rings. The zero-order valence-corrected chi connectivity index (χ0v) is 10.3. The van der Waals surface area contributed by atoms with Gasteiger partial charge >= 0.3 is 12.1 Å². The summed E-state index contributed by atoms with van der Waals surface area (Å²) < 4.78 is 35.9. The van der Waals surface area contributed by atoms with Gasteiger partial charge in [0.2, 0.25) is 0 Å². The molecule has 1 rings (SSSR count). The first-order chi connectivity index (χ1) is 8.34. The quantitative estimate of drug-likeness (QED) is 0.882. The maximum atomic E-state index is 12.0. The van der Waals surface area contributed by atoms with E-state index in [-0.39, 0.29) is 6.54 Å². The van der Waals surface area contributed by atoms with Gasteiger partial charge in [-0.1, -0.05) is 38.1 Å². The van der Waals surface area contributed by atoms with E-state index < -0.39 is 12.1 Å². The van der Waals surface area contributed by atoms with Gasteiger partial charge in [-0.15, -0.1) is 0 Å². The van der Waals surface area contributed by atoms with E-state index in [9.17, 15) is 18.0 Å². The lowest BCUT2D eigenvalue weighted by Gasteiger charge is -2.11. The van der Waals surface area contributed by atoms with Gasteiger partial charge < -0.3 is 5.32 Å². The number of hydrogen-bond donors (Lipinski definition) is 1. The van der Waals surface area contributed by atoms with Crippen LogP contribution in [0.5, 0.6) is 0 Å². The molecule has 1 atom stereocenters. The highest BCUT2D eigenvalue weighted by molar-refractivity contribution is 5.81. The smallest absolute Gasteiger partial charge is 0.344 e. The number of amides is 1. The summed E-state index contributed by atoms with van der Waals surface area (Å²) in [6.07, 6.45) is -3.82. The molecule has 5 heteroatoms. The van der Waals surface area contributed by atoms with Gasteiger partial charge in [0.05, 0.1) is 0 Å². The summed E-state index contributed by atoms with van der Waals surface area (Å²) in [4.78, 5) is 10.6. The molecule has 18 heavy (non-hydrogen) atoms. The van der Waals surface area contributed by atoms with E-state index in [0.717, 1.165) is 12.0 Å². The number of halogens is 3. The van der Waals surface area contributed by atoms with Crippen LogP contribution in [0.3, 0.4) is 0 Å². The Morgan fingerprint density at radius 3 is 2.28 bits per heavy atom. The van der Waals surface area contributed by atoms with Crippen LogP contribution in [-0.2, 0) is 11.3 Å². The third kappa shape index (κ3) is 4.05. The van der Waals surface area contributed by atoms with Crippen LogP contribution in [0.15, 0.2) is 24.3 Å². The Hall–Kier alpha value is -1.52. The number of benzene rings is 1. The lowest BCUT2D eigenvalue weighted by Crippen LogP contribution is -2.36. The van der Waals surface area contributed by atoms with Crippen LogP contribution < -0.4 is 5.32 Å². The van der Waals surface area contributed by atoms with Gasteiger partial charge in [-0.25, -0.2) is 0 Å². The molecule has 0 saturated carbocycles. The molecule has 0 aromatic heterocycles. The summed E-state index contributed by atoms with van der Waals surface area (Å²) in [5.74, 6) is -1.49. The highest BCUT2D eigenvalue weighted by Gasteiger charge is 2.38. The van der Waals surface area contributed by atoms with Crippen molar-refractivity contribution in [3.05, 3.63) is 35.4 Å². The molecule has 1 unspecified atom stereocenters. The second-order valence-corrected chi connectivity index (χ2v) is 4.23. The second kappa shape index (κ2) is 5.89. The van der Waals surface area contributed by atoms with Crippen LogP contribution in [-0.4, -0.2) is 12.1 Å². The summed E-state index contributed by atoms with van der Waals surface area (Å²) in [5, 5.41) is 1.84. The topological polar surface area (TPSA) is 29.1 Å². The molecule has 0 fully saturated rings. The summed E-state index contributed by atoms with van der Waals surface area (Å²) >= 11 is 0. The van der Waals surface area contributed by atoms with Crippen molar-refractivity contribution in [1.82, 2.24) is 5.32 Å². The summed E-state index contributed by atoms with van der Waals surface area (Å²) in [7, 11) is 0.